The number of anilines is 1. The van der Waals surface area contributed by atoms with E-state index in [1.165, 1.54) is 0 Å². The predicted octanol–water partition coefficient (Wildman–Crippen LogP) is 2.86. The van der Waals surface area contributed by atoms with Gasteiger partial charge in [-0.15, -0.1) is 0 Å². The molecular weight excluding hydrogens is 256 g/mol. The van der Waals surface area contributed by atoms with Crippen LogP contribution < -0.4 is 10.6 Å². The Hall–Kier alpha value is -0.870. The molecule has 0 aliphatic rings. The maximum Gasteiger partial charge on any atom is 0.253 e. The number of rotatable bonds is 5. The van der Waals surface area contributed by atoms with Crippen molar-refractivity contribution in [1.29, 1.82) is 0 Å². The minimum absolute atomic E-state index is 0.0987. The van der Waals surface area contributed by atoms with Crippen LogP contribution in [-0.2, 0) is 0 Å². The van der Waals surface area contributed by atoms with Gasteiger partial charge >= 0.3 is 0 Å². The van der Waals surface area contributed by atoms with E-state index < -0.39 is 0 Å². The van der Waals surface area contributed by atoms with Gasteiger partial charge in [-0.3, -0.25) is 4.79 Å². The zero-order valence-electron chi connectivity index (χ0n) is 10.2. The van der Waals surface area contributed by atoms with Crippen LogP contribution in [0.2, 0.25) is 5.02 Å². The van der Waals surface area contributed by atoms with Crippen LogP contribution >= 0.6 is 23.4 Å². The zero-order valence-corrected chi connectivity index (χ0v) is 11.8. The van der Waals surface area contributed by atoms with Crippen molar-refractivity contribution in [2.45, 2.75) is 13.0 Å². The molecule has 2 N–H and O–H groups in total. The Morgan fingerprint density at radius 3 is 2.82 bits per heavy atom. The summed E-state index contributed by atoms with van der Waals surface area (Å²) in [5.74, 6) is 0.791. The van der Waals surface area contributed by atoms with Crippen molar-refractivity contribution >= 4 is 35.0 Å². The summed E-state index contributed by atoms with van der Waals surface area (Å²) in [6.07, 6.45) is 2.01. The molecule has 5 heteroatoms. The second-order valence-corrected chi connectivity index (χ2v) is 5.12. The van der Waals surface area contributed by atoms with Crippen molar-refractivity contribution in [3.63, 3.8) is 0 Å². The zero-order chi connectivity index (χ0) is 12.8. The number of thioether (sulfide) groups is 1. The van der Waals surface area contributed by atoms with Gasteiger partial charge < -0.3 is 10.6 Å². The monoisotopic (exact) mass is 272 g/mol. The first-order chi connectivity index (χ1) is 8.08. The molecule has 3 nitrogen and oxygen atoms in total. The van der Waals surface area contributed by atoms with E-state index in [0.29, 0.717) is 10.6 Å². The van der Waals surface area contributed by atoms with Crippen LogP contribution in [0.25, 0.3) is 0 Å². The Labute approximate surface area is 111 Å². The van der Waals surface area contributed by atoms with E-state index in [9.17, 15) is 4.79 Å². The molecule has 0 saturated heterocycles. The second kappa shape index (κ2) is 6.77. The number of hydrogen-bond donors (Lipinski definition) is 2. The van der Waals surface area contributed by atoms with Gasteiger partial charge in [-0.1, -0.05) is 11.6 Å². The fourth-order valence-corrected chi connectivity index (χ4v) is 2.27. The molecule has 0 spiro atoms. The van der Waals surface area contributed by atoms with Gasteiger partial charge in [-0.05, 0) is 31.4 Å². The molecule has 0 saturated carbocycles. The van der Waals surface area contributed by atoms with Crippen molar-refractivity contribution < 1.29 is 4.79 Å². The molecule has 0 aliphatic heterocycles. The van der Waals surface area contributed by atoms with Crippen LogP contribution in [0.5, 0.6) is 0 Å². The SMILES string of the molecule is CNc1ccc(Cl)cc1C(=O)NC(C)CSC. The normalized spacial score (nSPS) is 12.0. The van der Waals surface area contributed by atoms with E-state index in [-0.39, 0.29) is 11.9 Å². The van der Waals surface area contributed by atoms with Crippen LogP contribution in [0.3, 0.4) is 0 Å². The third-order valence-electron chi connectivity index (χ3n) is 2.29. The highest BCUT2D eigenvalue weighted by Crippen LogP contribution is 2.20. The van der Waals surface area contributed by atoms with Gasteiger partial charge in [0.25, 0.3) is 5.91 Å². The van der Waals surface area contributed by atoms with Gasteiger partial charge in [0.2, 0.25) is 0 Å². The second-order valence-electron chi connectivity index (χ2n) is 3.77. The van der Waals surface area contributed by atoms with Crippen LogP contribution in [0.1, 0.15) is 17.3 Å². The number of amides is 1. The third-order valence-corrected chi connectivity index (χ3v) is 3.36. The Balaban J connectivity index is 2.83. The first-order valence-corrected chi connectivity index (χ1v) is 7.12. The van der Waals surface area contributed by atoms with E-state index in [1.807, 2.05) is 13.2 Å². The molecule has 94 valence electrons. The average molecular weight is 273 g/mol. The molecule has 1 amide bonds. The number of carbonyl (C=O) groups is 1. The number of hydrogen-bond acceptors (Lipinski definition) is 3. The van der Waals surface area contributed by atoms with E-state index in [0.717, 1.165) is 11.4 Å². The van der Waals surface area contributed by atoms with Gasteiger partial charge in [0, 0.05) is 29.6 Å². The van der Waals surface area contributed by atoms with Gasteiger partial charge in [0.15, 0.2) is 0 Å². The van der Waals surface area contributed by atoms with Gasteiger partial charge in [-0.25, -0.2) is 0 Å². The molecular formula is C12H17ClN2OS. The number of halogens is 1. The molecule has 1 unspecified atom stereocenters. The quantitative estimate of drug-likeness (QED) is 0.866. The maximum atomic E-state index is 12.0. The highest BCUT2D eigenvalue weighted by molar-refractivity contribution is 7.98. The lowest BCUT2D eigenvalue weighted by molar-refractivity contribution is 0.0944. The molecule has 0 fully saturated rings. The van der Waals surface area contributed by atoms with Gasteiger partial charge in [-0.2, -0.15) is 11.8 Å². The van der Waals surface area contributed by atoms with Crippen LogP contribution in [0.15, 0.2) is 18.2 Å². The molecule has 0 aromatic heterocycles. The van der Waals surface area contributed by atoms with Crippen molar-refractivity contribution in [3.05, 3.63) is 28.8 Å². The Morgan fingerprint density at radius 2 is 2.24 bits per heavy atom. The molecule has 1 atom stereocenters. The van der Waals surface area contributed by atoms with E-state index in [1.54, 1.807) is 37.0 Å². The Morgan fingerprint density at radius 1 is 1.53 bits per heavy atom. The smallest absolute Gasteiger partial charge is 0.253 e. The van der Waals surface area contributed by atoms with Gasteiger partial charge in [0.1, 0.15) is 0 Å². The van der Waals surface area contributed by atoms with Crippen LogP contribution in [0.4, 0.5) is 5.69 Å². The summed E-state index contributed by atoms with van der Waals surface area (Å²) in [7, 11) is 1.78. The summed E-state index contributed by atoms with van der Waals surface area (Å²) in [5.41, 5.74) is 1.36. The Kier molecular flexibility index (Phi) is 5.65. The lowest BCUT2D eigenvalue weighted by Crippen LogP contribution is -2.34. The number of carbonyl (C=O) groups excluding carboxylic acids is 1. The largest absolute Gasteiger partial charge is 0.387 e. The van der Waals surface area contributed by atoms with Crippen molar-refractivity contribution in [3.8, 4) is 0 Å². The summed E-state index contributed by atoms with van der Waals surface area (Å²) in [6.45, 7) is 1.98. The van der Waals surface area contributed by atoms with E-state index in [4.69, 9.17) is 11.6 Å². The highest BCUT2D eigenvalue weighted by Gasteiger charge is 2.13. The predicted molar refractivity (Wildman–Crippen MR) is 76.3 cm³/mol. The third kappa shape index (κ3) is 4.13. The van der Waals surface area contributed by atoms with E-state index >= 15 is 0 Å². The maximum absolute atomic E-state index is 12.0. The summed E-state index contributed by atoms with van der Waals surface area (Å²) in [4.78, 5) is 12.0. The summed E-state index contributed by atoms with van der Waals surface area (Å²) >= 11 is 7.61. The molecule has 0 heterocycles. The number of benzene rings is 1. The fourth-order valence-electron chi connectivity index (χ4n) is 1.52. The van der Waals surface area contributed by atoms with Gasteiger partial charge in [0.05, 0.1) is 5.56 Å². The van der Waals surface area contributed by atoms with Crippen molar-refractivity contribution in [2.24, 2.45) is 0 Å². The highest BCUT2D eigenvalue weighted by atomic mass is 35.5. The molecule has 1 aromatic carbocycles. The molecule has 0 aliphatic carbocycles. The first kappa shape index (κ1) is 14.2. The molecule has 1 rings (SSSR count). The standard InChI is InChI=1S/C12H17ClN2OS/c1-8(7-17-3)15-12(16)10-6-9(13)4-5-11(10)14-2/h4-6,8,14H,7H2,1-3H3,(H,15,16). The lowest BCUT2D eigenvalue weighted by Gasteiger charge is -2.14. The minimum Gasteiger partial charge on any atom is -0.387 e. The molecule has 0 radical (unpaired) electrons. The minimum atomic E-state index is -0.0987. The lowest BCUT2D eigenvalue weighted by atomic mass is 10.1. The topological polar surface area (TPSA) is 41.1 Å². The number of nitrogens with one attached hydrogen (secondary N) is 2. The van der Waals surface area contributed by atoms with Crippen molar-refractivity contribution in [2.75, 3.05) is 24.4 Å². The summed E-state index contributed by atoms with van der Waals surface area (Å²) in [6, 6.07) is 5.38. The molecule has 17 heavy (non-hydrogen) atoms. The first-order valence-electron chi connectivity index (χ1n) is 5.35. The van der Waals surface area contributed by atoms with Crippen LogP contribution in [0, 0.1) is 0 Å². The average Bonchev–Trinajstić information content (AvgIpc) is 2.29. The molecule has 1 aromatic rings. The van der Waals surface area contributed by atoms with Crippen LogP contribution in [-0.4, -0.2) is 31.0 Å². The van der Waals surface area contributed by atoms with E-state index in [2.05, 4.69) is 10.6 Å². The summed E-state index contributed by atoms with van der Waals surface area (Å²) < 4.78 is 0. The molecule has 0 bridgehead atoms. The van der Waals surface area contributed by atoms with Crippen molar-refractivity contribution in [1.82, 2.24) is 5.32 Å². The fraction of sp³-hybridized carbons (Fsp3) is 0.417. The summed E-state index contributed by atoms with van der Waals surface area (Å²) in [5, 5.41) is 6.49. The Bertz CT molecular complexity index is 398.